The summed E-state index contributed by atoms with van der Waals surface area (Å²) < 4.78 is 42.2. The molecule has 0 aliphatic heterocycles. The molecule has 1 amide bonds. The Kier molecular flexibility index (Phi) is 9.55. The highest BCUT2D eigenvalue weighted by Gasteiger charge is 2.46. The van der Waals surface area contributed by atoms with Crippen LogP contribution in [0.4, 0.5) is 0 Å². The zero-order valence-corrected chi connectivity index (χ0v) is 19.3. The van der Waals surface area contributed by atoms with Gasteiger partial charge in [-0.2, -0.15) is 0 Å². The lowest BCUT2D eigenvalue weighted by Gasteiger charge is -2.38. The maximum atomic E-state index is 14.2. The Hall–Kier alpha value is -0.820. The SMILES string of the molecule is CCCS(=O)(=O)N(CC)P(=O)(SC(C)CC)N(CC)C(=O)c1ccccc1. The molecule has 0 aromatic heterocycles. The average Bonchev–Trinajstić information content (AvgIpc) is 2.62. The summed E-state index contributed by atoms with van der Waals surface area (Å²) in [5.74, 6) is -0.509. The van der Waals surface area contributed by atoms with E-state index in [1.165, 1.54) is 4.67 Å². The van der Waals surface area contributed by atoms with Gasteiger partial charge in [-0.25, -0.2) is 8.42 Å². The molecule has 0 radical (unpaired) electrons. The molecule has 0 aliphatic rings. The highest BCUT2D eigenvalue weighted by atomic mass is 32.7. The number of nitrogens with zero attached hydrogens (tertiary/aromatic N) is 2. The second-order valence-corrected chi connectivity index (χ2v) is 13.5. The number of carbonyl (C=O) groups is 1. The van der Waals surface area contributed by atoms with Crippen molar-refractivity contribution in [3.05, 3.63) is 35.9 Å². The summed E-state index contributed by atoms with van der Waals surface area (Å²) in [6.07, 6.45) is 1.14. The van der Waals surface area contributed by atoms with Crippen molar-refractivity contribution in [1.82, 2.24) is 8.75 Å². The van der Waals surface area contributed by atoms with Gasteiger partial charge in [0.2, 0.25) is 10.0 Å². The van der Waals surface area contributed by atoms with E-state index in [9.17, 15) is 17.8 Å². The predicted molar refractivity (Wildman–Crippen MR) is 115 cm³/mol. The average molecular weight is 435 g/mol. The van der Waals surface area contributed by atoms with Gasteiger partial charge in [-0.15, -0.1) is 4.08 Å². The maximum absolute atomic E-state index is 14.2. The Balaban J connectivity index is 3.51. The molecule has 0 saturated heterocycles. The van der Waals surface area contributed by atoms with Gasteiger partial charge in [-0.3, -0.25) is 14.0 Å². The van der Waals surface area contributed by atoms with E-state index in [1.807, 2.05) is 13.8 Å². The molecule has 1 aromatic carbocycles. The monoisotopic (exact) mass is 434 g/mol. The quantitative estimate of drug-likeness (QED) is 0.466. The lowest BCUT2D eigenvalue weighted by Crippen LogP contribution is -2.39. The van der Waals surface area contributed by atoms with E-state index in [0.29, 0.717) is 12.0 Å². The molecule has 0 spiro atoms. The number of rotatable bonds is 11. The van der Waals surface area contributed by atoms with E-state index in [4.69, 9.17) is 0 Å². The normalized spacial score (nSPS) is 15.3. The lowest BCUT2D eigenvalue weighted by molar-refractivity contribution is 0.0862. The summed E-state index contributed by atoms with van der Waals surface area (Å²) in [5.41, 5.74) is 0.397. The van der Waals surface area contributed by atoms with Gasteiger partial charge >= 0.3 is 6.65 Å². The van der Waals surface area contributed by atoms with Crippen LogP contribution in [0.25, 0.3) is 0 Å². The molecule has 0 saturated carbocycles. The minimum atomic E-state index is -3.75. The van der Waals surface area contributed by atoms with Crippen LogP contribution in [0.1, 0.15) is 57.8 Å². The third kappa shape index (κ3) is 5.83. The Morgan fingerprint density at radius 1 is 1.11 bits per heavy atom. The van der Waals surface area contributed by atoms with E-state index in [2.05, 4.69) is 0 Å². The fourth-order valence-electron chi connectivity index (χ4n) is 2.60. The summed E-state index contributed by atoms with van der Waals surface area (Å²) in [4.78, 5) is 13.1. The molecule has 0 aliphatic carbocycles. The largest absolute Gasteiger partial charge is 0.311 e. The molecular weight excluding hydrogens is 403 g/mol. The van der Waals surface area contributed by atoms with Crippen molar-refractivity contribution in [1.29, 1.82) is 0 Å². The van der Waals surface area contributed by atoms with Crippen LogP contribution >= 0.6 is 18.0 Å². The van der Waals surface area contributed by atoms with Gasteiger partial charge in [0.25, 0.3) is 5.91 Å². The van der Waals surface area contributed by atoms with Crippen molar-refractivity contribution in [2.75, 3.05) is 18.8 Å². The Morgan fingerprint density at radius 3 is 2.15 bits per heavy atom. The second-order valence-electron chi connectivity index (χ2n) is 6.16. The summed E-state index contributed by atoms with van der Waals surface area (Å²) >= 11 is 1.10. The van der Waals surface area contributed by atoms with Crippen molar-refractivity contribution in [3.63, 3.8) is 0 Å². The topological polar surface area (TPSA) is 74.8 Å². The van der Waals surface area contributed by atoms with Crippen LogP contribution in [0.5, 0.6) is 0 Å². The highest BCUT2D eigenvalue weighted by Crippen LogP contribution is 2.67. The first kappa shape index (κ1) is 24.2. The van der Waals surface area contributed by atoms with Crippen molar-refractivity contribution in [2.45, 2.75) is 52.7 Å². The number of benzene rings is 1. The molecule has 6 nitrogen and oxygen atoms in total. The van der Waals surface area contributed by atoms with Crippen LogP contribution in [-0.4, -0.2) is 47.2 Å². The third-order valence-corrected chi connectivity index (χ3v) is 13.6. The highest BCUT2D eigenvalue weighted by molar-refractivity contribution is 8.58. The zero-order valence-electron chi connectivity index (χ0n) is 16.8. The molecule has 9 heteroatoms. The van der Waals surface area contributed by atoms with Gasteiger partial charge in [-0.05, 0) is 31.9 Å². The molecule has 0 bridgehead atoms. The summed E-state index contributed by atoms with van der Waals surface area (Å²) in [7, 11) is -3.75. The van der Waals surface area contributed by atoms with E-state index >= 15 is 0 Å². The second kappa shape index (κ2) is 10.6. The van der Waals surface area contributed by atoms with Gasteiger partial charge in [0.15, 0.2) is 0 Å². The van der Waals surface area contributed by atoms with Gasteiger partial charge in [0, 0.05) is 23.9 Å². The minimum Gasteiger partial charge on any atom is -0.269 e. The molecule has 1 rings (SSSR count). The van der Waals surface area contributed by atoms with Gasteiger partial charge in [0.05, 0.1) is 5.75 Å². The standard InChI is InChI=1S/C18H31N2O4PS2/c1-6-15-27(23,24)20(9-4)25(22,26-16(5)7-2)19(8-3)18(21)17-13-11-10-12-14-17/h10-14,16H,6-9,15H2,1-5H3. The maximum Gasteiger partial charge on any atom is 0.311 e. The minimum absolute atomic E-state index is 0.0562. The first-order chi connectivity index (χ1) is 12.7. The number of hydrogen-bond acceptors (Lipinski definition) is 5. The number of amides is 1. The molecule has 27 heavy (non-hydrogen) atoms. The summed E-state index contributed by atoms with van der Waals surface area (Å²) in [6.45, 7) is 5.49. The summed E-state index contributed by atoms with van der Waals surface area (Å²) in [5, 5.41) is -0.0562. The van der Waals surface area contributed by atoms with Crippen LogP contribution in [0.2, 0.25) is 0 Å². The van der Waals surface area contributed by atoms with Crippen molar-refractivity contribution in [2.24, 2.45) is 0 Å². The lowest BCUT2D eigenvalue weighted by atomic mass is 10.2. The van der Waals surface area contributed by atoms with Crippen LogP contribution < -0.4 is 0 Å². The Morgan fingerprint density at radius 2 is 1.70 bits per heavy atom. The van der Waals surface area contributed by atoms with E-state index in [0.717, 1.165) is 21.9 Å². The van der Waals surface area contributed by atoms with E-state index in [1.54, 1.807) is 51.1 Å². The molecule has 0 fully saturated rings. The van der Waals surface area contributed by atoms with Crippen LogP contribution in [0, 0.1) is 0 Å². The van der Waals surface area contributed by atoms with Gasteiger partial charge < -0.3 is 0 Å². The molecule has 2 unspecified atom stereocenters. The molecule has 0 N–H and O–H groups in total. The Labute approximate surface area is 168 Å². The molecule has 1 aromatic rings. The predicted octanol–water partition coefficient (Wildman–Crippen LogP) is 4.85. The number of sulfonamides is 1. The third-order valence-electron chi connectivity index (χ3n) is 4.09. The van der Waals surface area contributed by atoms with Crippen LogP contribution in [0.15, 0.2) is 30.3 Å². The number of hydrogen-bond donors (Lipinski definition) is 0. The molecular formula is C18H31N2O4PS2. The van der Waals surface area contributed by atoms with E-state index < -0.39 is 22.6 Å². The van der Waals surface area contributed by atoms with Crippen molar-refractivity contribution in [3.8, 4) is 0 Å². The van der Waals surface area contributed by atoms with Crippen molar-refractivity contribution < 1.29 is 17.8 Å². The van der Waals surface area contributed by atoms with Gasteiger partial charge in [0.1, 0.15) is 0 Å². The number of carbonyl (C=O) groups excluding carboxylic acids is 1. The van der Waals surface area contributed by atoms with Crippen LogP contribution in [0.3, 0.4) is 0 Å². The molecule has 0 heterocycles. The Bertz CT molecular complexity index is 756. The first-order valence-electron chi connectivity index (χ1n) is 9.34. The molecule has 2 atom stereocenters. The smallest absolute Gasteiger partial charge is 0.269 e. The van der Waals surface area contributed by atoms with E-state index in [-0.39, 0.29) is 24.1 Å². The fourth-order valence-corrected chi connectivity index (χ4v) is 12.3. The fraction of sp³-hybridized carbons (Fsp3) is 0.611. The first-order valence-corrected chi connectivity index (χ1v) is 14.0. The van der Waals surface area contributed by atoms with Crippen LogP contribution in [-0.2, 0) is 14.6 Å². The van der Waals surface area contributed by atoms with Gasteiger partial charge in [-0.1, -0.05) is 57.3 Å². The summed E-state index contributed by atoms with van der Waals surface area (Å²) in [6, 6.07) is 8.57. The molecule has 154 valence electrons. The van der Waals surface area contributed by atoms with Crippen molar-refractivity contribution >= 4 is 34.0 Å². The zero-order chi connectivity index (χ0) is 20.7.